The van der Waals surface area contributed by atoms with Crippen molar-refractivity contribution in [3.8, 4) is 0 Å². The number of rotatable bonds is 4. The second-order valence-electron chi connectivity index (χ2n) is 6.10. The normalized spacial score (nSPS) is 17.6. The lowest BCUT2D eigenvalue weighted by atomic mass is 9.81. The lowest BCUT2D eigenvalue weighted by Crippen LogP contribution is -2.45. The molecule has 2 aromatic heterocycles. The summed E-state index contributed by atoms with van der Waals surface area (Å²) in [5.74, 6) is 1.16. The Morgan fingerprint density at radius 3 is 2.73 bits per heavy atom. The van der Waals surface area contributed by atoms with Crippen LogP contribution in [0.5, 0.6) is 0 Å². The molecule has 0 spiro atoms. The van der Waals surface area contributed by atoms with Crippen molar-refractivity contribution in [3.05, 3.63) is 34.8 Å². The molecule has 0 aromatic carbocycles. The van der Waals surface area contributed by atoms with Gasteiger partial charge < -0.3 is 9.47 Å². The first-order valence-corrected chi connectivity index (χ1v) is 8.68. The first-order chi connectivity index (χ1) is 10.6. The average Bonchev–Trinajstić information content (AvgIpc) is 3.19. The van der Waals surface area contributed by atoms with Crippen LogP contribution in [0.4, 0.5) is 0 Å². The molecule has 1 fully saturated rings. The van der Waals surface area contributed by atoms with Gasteiger partial charge in [0, 0.05) is 48.9 Å². The molecule has 1 aliphatic rings. The summed E-state index contributed by atoms with van der Waals surface area (Å²) in [6.07, 6.45) is 8.34. The number of thiazole rings is 1. The van der Waals surface area contributed by atoms with Crippen LogP contribution in [-0.2, 0) is 23.2 Å². The molecular formula is C16H22N4OS. The van der Waals surface area contributed by atoms with Gasteiger partial charge >= 0.3 is 0 Å². The molecule has 118 valence electrons. The predicted molar refractivity (Wildman–Crippen MR) is 86.9 cm³/mol. The number of carbonyl (C=O) groups is 1. The summed E-state index contributed by atoms with van der Waals surface area (Å²) >= 11 is 1.72. The number of aryl methyl sites for hydroxylation is 1. The zero-order valence-corrected chi connectivity index (χ0v) is 14.0. The van der Waals surface area contributed by atoms with Crippen LogP contribution in [0.15, 0.2) is 24.0 Å². The van der Waals surface area contributed by atoms with Crippen LogP contribution in [0.3, 0.4) is 0 Å². The monoisotopic (exact) mass is 318 g/mol. The summed E-state index contributed by atoms with van der Waals surface area (Å²) in [5.41, 5.74) is 0.120. The van der Waals surface area contributed by atoms with Gasteiger partial charge in [0.2, 0.25) is 5.91 Å². The maximum atomic E-state index is 12.5. The summed E-state index contributed by atoms with van der Waals surface area (Å²) in [5, 5.41) is 3.23. The Morgan fingerprint density at radius 1 is 1.32 bits per heavy atom. The summed E-state index contributed by atoms with van der Waals surface area (Å²) in [6, 6.07) is 0. The maximum absolute atomic E-state index is 12.5. The lowest BCUT2D eigenvalue weighted by molar-refractivity contribution is -0.133. The second kappa shape index (κ2) is 6.20. The fraction of sp³-hybridized carbons (Fsp3) is 0.562. The van der Waals surface area contributed by atoms with Crippen molar-refractivity contribution >= 4 is 17.2 Å². The molecule has 0 atom stereocenters. The van der Waals surface area contributed by atoms with Crippen LogP contribution in [0.25, 0.3) is 0 Å². The maximum Gasteiger partial charge on any atom is 0.242 e. The van der Waals surface area contributed by atoms with Crippen LogP contribution >= 0.6 is 11.3 Å². The number of imidazole rings is 1. The number of nitrogens with zero attached hydrogens (tertiary/aromatic N) is 4. The largest absolute Gasteiger partial charge is 0.341 e. The van der Waals surface area contributed by atoms with Gasteiger partial charge in [-0.05, 0) is 12.8 Å². The zero-order chi connectivity index (χ0) is 15.6. The highest BCUT2D eigenvalue weighted by Crippen LogP contribution is 2.36. The minimum Gasteiger partial charge on any atom is -0.341 e. The minimum atomic E-state index is 0.120. The smallest absolute Gasteiger partial charge is 0.242 e. The quantitative estimate of drug-likeness (QED) is 0.870. The van der Waals surface area contributed by atoms with Gasteiger partial charge in [-0.1, -0.05) is 13.8 Å². The highest BCUT2D eigenvalue weighted by Gasteiger charge is 2.35. The van der Waals surface area contributed by atoms with Gasteiger partial charge in [-0.15, -0.1) is 11.3 Å². The van der Waals surface area contributed by atoms with Crippen molar-refractivity contribution in [3.63, 3.8) is 0 Å². The Bertz CT molecular complexity index is 626. The molecular weight excluding hydrogens is 296 g/mol. The number of aromatic nitrogens is 3. The Morgan fingerprint density at radius 2 is 2.09 bits per heavy atom. The van der Waals surface area contributed by atoms with Crippen molar-refractivity contribution < 1.29 is 4.79 Å². The summed E-state index contributed by atoms with van der Waals surface area (Å²) < 4.78 is 1.96. The fourth-order valence-corrected chi connectivity index (χ4v) is 3.89. The Labute approximate surface area is 135 Å². The molecule has 3 heterocycles. The second-order valence-corrected chi connectivity index (χ2v) is 7.00. The highest BCUT2D eigenvalue weighted by atomic mass is 32.1. The molecule has 1 aliphatic heterocycles. The van der Waals surface area contributed by atoms with Gasteiger partial charge in [0.1, 0.15) is 12.4 Å². The average molecular weight is 318 g/mol. The van der Waals surface area contributed by atoms with Crippen LogP contribution in [0.1, 0.15) is 37.5 Å². The molecule has 0 bridgehead atoms. The molecule has 6 heteroatoms. The van der Waals surface area contributed by atoms with E-state index in [1.807, 2.05) is 27.2 Å². The molecule has 0 aliphatic carbocycles. The first-order valence-electron chi connectivity index (χ1n) is 7.80. The zero-order valence-electron chi connectivity index (χ0n) is 13.2. The Balaban J connectivity index is 1.60. The summed E-state index contributed by atoms with van der Waals surface area (Å²) in [6.45, 7) is 6.34. The molecule has 0 saturated carbocycles. The van der Waals surface area contributed by atoms with E-state index in [1.165, 1.54) is 5.01 Å². The van der Waals surface area contributed by atoms with Crippen molar-refractivity contribution in [2.45, 2.75) is 45.1 Å². The van der Waals surface area contributed by atoms with Crippen LogP contribution in [0, 0.1) is 0 Å². The van der Waals surface area contributed by atoms with Gasteiger partial charge in [-0.3, -0.25) is 4.79 Å². The number of hydrogen-bond acceptors (Lipinski definition) is 4. The van der Waals surface area contributed by atoms with Gasteiger partial charge in [0.15, 0.2) is 0 Å². The van der Waals surface area contributed by atoms with E-state index in [9.17, 15) is 4.79 Å². The van der Waals surface area contributed by atoms with Gasteiger partial charge in [-0.2, -0.15) is 0 Å². The third-order valence-corrected chi connectivity index (χ3v) is 5.67. The number of piperidine rings is 1. The van der Waals surface area contributed by atoms with E-state index in [-0.39, 0.29) is 11.3 Å². The lowest BCUT2D eigenvalue weighted by Gasteiger charge is -2.38. The molecule has 0 radical (unpaired) electrons. The Hall–Kier alpha value is -1.69. The van der Waals surface area contributed by atoms with E-state index in [0.29, 0.717) is 6.54 Å². The van der Waals surface area contributed by atoms with Gasteiger partial charge in [0.25, 0.3) is 0 Å². The summed E-state index contributed by atoms with van der Waals surface area (Å²) in [7, 11) is 0. The molecule has 22 heavy (non-hydrogen) atoms. The van der Waals surface area contributed by atoms with Crippen molar-refractivity contribution in [1.29, 1.82) is 0 Å². The molecule has 3 rings (SSSR count). The molecule has 2 aromatic rings. The van der Waals surface area contributed by atoms with E-state index >= 15 is 0 Å². The van der Waals surface area contributed by atoms with Gasteiger partial charge in [0.05, 0.1) is 5.01 Å². The van der Waals surface area contributed by atoms with Crippen LogP contribution in [0.2, 0.25) is 0 Å². The predicted octanol–water partition coefficient (Wildman–Crippen LogP) is 2.48. The van der Waals surface area contributed by atoms with E-state index in [0.717, 1.165) is 38.2 Å². The SMILES string of the molecule is CCc1nccn1CC(=O)N1CCC(C)(c2nccs2)CC1. The van der Waals surface area contributed by atoms with E-state index in [2.05, 4.69) is 23.8 Å². The number of hydrogen-bond donors (Lipinski definition) is 0. The van der Waals surface area contributed by atoms with E-state index < -0.39 is 0 Å². The summed E-state index contributed by atoms with van der Waals surface area (Å²) in [4.78, 5) is 23.2. The molecule has 0 N–H and O–H groups in total. The van der Waals surface area contributed by atoms with E-state index in [1.54, 1.807) is 17.5 Å². The topological polar surface area (TPSA) is 51.0 Å². The fourth-order valence-electron chi connectivity index (χ4n) is 3.03. The van der Waals surface area contributed by atoms with E-state index in [4.69, 9.17) is 0 Å². The Kier molecular flexibility index (Phi) is 4.29. The molecule has 0 unspecified atom stereocenters. The minimum absolute atomic E-state index is 0.120. The van der Waals surface area contributed by atoms with Gasteiger partial charge in [-0.25, -0.2) is 9.97 Å². The molecule has 5 nitrogen and oxygen atoms in total. The third-order valence-electron chi connectivity index (χ3n) is 4.59. The van der Waals surface area contributed by atoms with Crippen LogP contribution < -0.4 is 0 Å². The van der Waals surface area contributed by atoms with Crippen molar-refractivity contribution in [2.24, 2.45) is 0 Å². The molecule has 1 saturated heterocycles. The van der Waals surface area contributed by atoms with Crippen molar-refractivity contribution in [2.75, 3.05) is 13.1 Å². The van der Waals surface area contributed by atoms with Crippen molar-refractivity contribution in [1.82, 2.24) is 19.4 Å². The number of carbonyl (C=O) groups excluding carboxylic acids is 1. The molecule has 1 amide bonds. The first kappa shape index (κ1) is 15.2. The number of likely N-dealkylation sites (tertiary alicyclic amines) is 1. The number of amides is 1. The standard InChI is InChI=1S/C16H22N4OS/c1-3-13-17-6-10-20(13)12-14(21)19-8-4-16(2,5-9-19)15-18-7-11-22-15/h6-7,10-11H,3-5,8-9,12H2,1-2H3. The third kappa shape index (κ3) is 2.92. The highest BCUT2D eigenvalue weighted by molar-refractivity contribution is 7.09. The van der Waals surface area contributed by atoms with Crippen LogP contribution in [-0.4, -0.2) is 38.4 Å².